The van der Waals surface area contributed by atoms with Gasteiger partial charge in [-0.15, -0.1) is 0 Å². The Kier molecular flexibility index (Phi) is 2.87. The average molecular weight is 159 g/mol. The maximum atomic E-state index is 5.49. The fraction of sp³-hybridized carbons (Fsp3) is 1.00. The van der Waals surface area contributed by atoms with Crippen LogP contribution in [0.3, 0.4) is 0 Å². The summed E-state index contributed by atoms with van der Waals surface area (Å²) in [6.45, 7) is 1.62. The SMILES string of the molecule is COC1(N(C)C)CCOCC1. The zero-order valence-electron chi connectivity index (χ0n) is 7.59. The molecule has 1 fully saturated rings. The van der Waals surface area contributed by atoms with Gasteiger partial charge in [-0.3, -0.25) is 4.90 Å². The van der Waals surface area contributed by atoms with E-state index in [0.29, 0.717) is 0 Å². The lowest BCUT2D eigenvalue weighted by molar-refractivity contribution is -0.166. The van der Waals surface area contributed by atoms with E-state index in [4.69, 9.17) is 9.47 Å². The Balaban J connectivity index is 2.57. The molecule has 1 aliphatic heterocycles. The van der Waals surface area contributed by atoms with Crippen LogP contribution in [0.4, 0.5) is 0 Å². The van der Waals surface area contributed by atoms with Crippen molar-refractivity contribution < 1.29 is 9.47 Å². The molecule has 0 amide bonds. The van der Waals surface area contributed by atoms with Crippen LogP contribution in [-0.2, 0) is 9.47 Å². The molecule has 0 aliphatic carbocycles. The Morgan fingerprint density at radius 1 is 1.27 bits per heavy atom. The highest BCUT2D eigenvalue weighted by molar-refractivity contribution is 4.79. The molecule has 1 saturated heterocycles. The predicted octanol–water partition coefficient (Wildman–Crippen LogP) is 0.701. The summed E-state index contributed by atoms with van der Waals surface area (Å²) < 4.78 is 10.8. The number of nitrogens with zero attached hydrogens (tertiary/aromatic N) is 1. The maximum absolute atomic E-state index is 5.49. The maximum Gasteiger partial charge on any atom is 0.125 e. The van der Waals surface area contributed by atoms with Crippen LogP contribution in [0.15, 0.2) is 0 Å². The lowest BCUT2D eigenvalue weighted by Crippen LogP contribution is -2.49. The van der Waals surface area contributed by atoms with E-state index >= 15 is 0 Å². The van der Waals surface area contributed by atoms with Crippen LogP contribution in [0, 0.1) is 0 Å². The highest BCUT2D eigenvalue weighted by Crippen LogP contribution is 2.25. The molecule has 0 spiro atoms. The first-order valence-corrected chi connectivity index (χ1v) is 4.01. The van der Waals surface area contributed by atoms with E-state index in [-0.39, 0.29) is 5.72 Å². The quantitative estimate of drug-likeness (QED) is 0.554. The van der Waals surface area contributed by atoms with Crippen LogP contribution in [0.1, 0.15) is 12.8 Å². The van der Waals surface area contributed by atoms with Gasteiger partial charge in [-0.05, 0) is 14.1 Å². The van der Waals surface area contributed by atoms with Gasteiger partial charge in [0.1, 0.15) is 5.72 Å². The molecule has 0 radical (unpaired) electrons. The van der Waals surface area contributed by atoms with Crippen molar-refractivity contribution in [2.24, 2.45) is 0 Å². The van der Waals surface area contributed by atoms with Gasteiger partial charge < -0.3 is 9.47 Å². The molecule has 0 saturated carbocycles. The lowest BCUT2D eigenvalue weighted by atomic mass is 10.0. The van der Waals surface area contributed by atoms with E-state index in [9.17, 15) is 0 Å². The molecular weight excluding hydrogens is 142 g/mol. The third-order valence-electron chi connectivity index (χ3n) is 2.47. The van der Waals surface area contributed by atoms with Crippen molar-refractivity contribution in [3.05, 3.63) is 0 Å². The van der Waals surface area contributed by atoms with Crippen molar-refractivity contribution in [2.75, 3.05) is 34.4 Å². The molecule has 1 rings (SSSR count). The number of hydrogen-bond donors (Lipinski definition) is 0. The molecule has 0 atom stereocenters. The predicted molar refractivity (Wildman–Crippen MR) is 43.5 cm³/mol. The topological polar surface area (TPSA) is 21.7 Å². The molecule has 0 unspecified atom stereocenters. The van der Waals surface area contributed by atoms with Crippen LogP contribution in [0.2, 0.25) is 0 Å². The minimum atomic E-state index is -0.0712. The first-order chi connectivity index (χ1) is 5.21. The smallest absolute Gasteiger partial charge is 0.125 e. The highest BCUT2D eigenvalue weighted by atomic mass is 16.5. The summed E-state index contributed by atoms with van der Waals surface area (Å²) in [6.07, 6.45) is 1.94. The van der Waals surface area contributed by atoms with Crippen molar-refractivity contribution in [3.63, 3.8) is 0 Å². The first kappa shape index (κ1) is 8.97. The van der Waals surface area contributed by atoms with E-state index in [2.05, 4.69) is 19.0 Å². The van der Waals surface area contributed by atoms with Gasteiger partial charge >= 0.3 is 0 Å². The third-order valence-corrected chi connectivity index (χ3v) is 2.47. The number of hydrogen-bond acceptors (Lipinski definition) is 3. The van der Waals surface area contributed by atoms with Crippen LogP contribution < -0.4 is 0 Å². The second-order valence-corrected chi connectivity index (χ2v) is 3.16. The van der Waals surface area contributed by atoms with Gasteiger partial charge in [0.15, 0.2) is 0 Å². The number of methoxy groups -OCH3 is 1. The molecular formula is C8H17NO2. The molecule has 0 bridgehead atoms. The van der Waals surface area contributed by atoms with Gasteiger partial charge in [0.25, 0.3) is 0 Å². The summed E-state index contributed by atoms with van der Waals surface area (Å²) in [5.41, 5.74) is -0.0712. The fourth-order valence-electron chi connectivity index (χ4n) is 1.52. The molecule has 1 aliphatic rings. The largest absolute Gasteiger partial charge is 0.381 e. The first-order valence-electron chi connectivity index (χ1n) is 4.01. The molecule has 66 valence electrons. The van der Waals surface area contributed by atoms with Crippen LogP contribution >= 0.6 is 0 Å². The highest BCUT2D eigenvalue weighted by Gasteiger charge is 2.34. The molecule has 1 heterocycles. The van der Waals surface area contributed by atoms with E-state index in [1.54, 1.807) is 7.11 Å². The minimum absolute atomic E-state index is 0.0712. The van der Waals surface area contributed by atoms with Crippen LogP contribution in [0.5, 0.6) is 0 Å². The van der Waals surface area contributed by atoms with Crippen molar-refractivity contribution in [1.82, 2.24) is 4.90 Å². The Labute approximate surface area is 68.3 Å². The van der Waals surface area contributed by atoms with Gasteiger partial charge in [-0.2, -0.15) is 0 Å². The van der Waals surface area contributed by atoms with Crippen molar-refractivity contribution in [2.45, 2.75) is 18.6 Å². The van der Waals surface area contributed by atoms with E-state index in [0.717, 1.165) is 26.1 Å². The van der Waals surface area contributed by atoms with Gasteiger partial charge in [0.05, 0.1) is 13.2 Å². The second kappa shape index (κ2) is 3.52. The zero-order chi connectivity index (χ0) is 8.32. The zero-order valence-corrected chi connectivity index (χ0v) is 7.59. The Morgan fingerprint density at radius 3 is 2.09 bits per heavy atom. The summed E-state index contributed by atoms with van der Waals surface area (Å²) in [4.78, 5) is 2.13. The van der Waals surface area contributed by atoms with E-state index in [1.165, 1.54) is 0 Å². The van der Waals surface area contributed by atoms with Crippen LogP contribution in [0.25, 0.3) is 0 Å². The van der Waals surface area contributed by atoms with Gasteiger partial charge in [0.2, 0.25) is 0 Å². The van der Waals surface area contributed by atoms with Gasteiger partial charge in [0, 0.05) is 20.0 Å². The van der Waals surface area contributed by atoms with Crippen molar-refractivity contribution in [1.29, 1.82) is 0 Å². The van der Waals surface area contributed by atoms with Gasteiger partial charge in [-0.1, -0.05) is 0 Å². The van der Waals surface area contributed by atoms with Crippen molar-refractivity contribution >= 4 is 0 Å². The monoisotopic (exact) mass is 159 g/mol. The normalized spacial score (nSPS) is 24.0. The summed E-state index contributed by atoms with van der Waals surface area (Å²) in [5, 5.41) is 0. The summed E-state index contributed by atoms with van der Waals surface area (Å²) in [6, 6.07) is 0. The van der Waals surface area contributed by atoms with Crippen LogP contribution in [-0.4, -0.2) is 45.0 Å². The van der Waals surface area contributed by atoms with E-state index < -0.39 is 0 Å². The molecule has 0 aromatic carbocycles. The molecule has 3 heteroatoms. The molecule has 3 nitrogen and oxygen atoms in total. The van der Waals surface area contributed by atoms with Gasteiger partial charge in [-0.25, -0.2) is 0 Å². The minimum Gasteiger partial charge on any atom is -0.381 e. The fourth-order valence-corrected chi connectivity index (χ4v) is 1.52. The Morgan fingerprint density at radius 2 is 1.82 bits per heavy atom. The standard InChI is InChI=1S/C8H17NO2/c1-9(2)8(10-3)4-6-11-7-5-8/h4-7H2,1-3H3. The number of rotatable bonds is 2. The summed E-state index contributed by atoms with van der Waals surface area (Å²) in [7, 11) is 5.87. The van der Waals surface area contributed by atoms with Crippen molar-refractivity contribution in [3.8, 4) is 0 Å². The second-order valence-electron chi connectivity index (χ2n) is 3.16. The Bertz CT molecular complexity index is 119. The summed E-state index contributed by atoms with van der Waals surface area (Å²) in [5.74, 6) is 0. The lowest BCUT2D eigenvalue weighted by Gasteiger charge is -2.41. The third kappa shape index (κ3) is 1.72. The number of ether oxygens (including phenoxy) is 2. The van der Waals surface area contributed by atoms with E-state index in [1.807, 2.05) is 0 Å². The molecule has 0 aromatic rings. The molecule has 11 heavy (non-hydrogen) atoms. The molecule has 0 N–H and O–H groups in total. The summed E-state index contributed by atoms with van der Waals surface area (Å²) >= 11 is 0. The molecule has 0 aromatic heterocycles. The average Bonchev–Trinajstić information content (AvgIpc) is 2.05. The Hall–Kier alpha value is -0.120.